The van der Waals surface area contributed by atoms with E-state index in [1.165, 1.54) is 12.2 Å². The molecule has 1 amide bonds. The van der Waals surface area contributed by atoms with Gasteiger partial charge in [-0.05, 0) is 48.4 Å². The first-order valence-electron chi connectivity index (χ1n) is 10.9. The summed E-state index contributed by atoms with van der Waals surface area (Å²) >= 11 is 0. The molecule has 0 aliphatic carbocycles. The molecule has 2 aromatic rings. The Morgan fingerprint density at radius 1 is 1.09 bits per heavy atom. The van der Waals surface area contributed by atoms with Gasteiger partial charge in [0.2, 0.25) is 0 Å². The van der Waals surface area contributed by atoms with Crippen molar-refractivity contribution in [3.05, 3.63) is 78.9 Å². The van der Waals surface area contributed by atoms with Gasteiger partial charge < -0.3 is 24.1 Å². The summed E-state index contributed by atoms with van der Waals surface area (Å²) in [5.74, 6) is 0.644. The zero-order valence-electron chi connectivity index (χ0n) is 19.4. The summed E-state index contributed by atoms with van der Waals surface area (Å²) in [6.45, 7) is 5.66. The van der Waals surface area contributed by atoms with Gasteiger partial charge in [-0.15, -0.1) is 0 Å². The lowest BCUT2D eigenvalue weighted by Gasteiger charge is -2.24. The number of allylic oxidation sites excluding steroid dienone is 1. The van der Waals surface area contributed by atoms with Gasteiger partial charge in [-0.3, -0.25) is 5.32 Å². The number of carbonyl (C=O) groups excluding carboxylic acids is 2. The van der Waals surface area contributed by atoms with Crippen molar-refractivity contribution in [2.45, 2.75) is 19.4 Å². The molecule has 2 aromatic carbocycles. The average molecular weight is 470 g/mol. The molecule has 34 heavy (non-hydrogen) atoms. The maximum Gasteiger partial charge on any atom is 0.412 e. The van der Waals surface area contributed by atoms with Crippen LogP contribution in [-0.4, -0.2) is 44.1 Å². The molecule has 2 atom stereocenters. The maximum atomic E-state index is 12.6. The maximum absolute atomic E-state index is 12.6. The number of amides is 1. The highest BCUT2D eigenvalue weighted by Crippen LogP contribution is 2.31. The predicted molar refractivity (Wildman–Crippen MR) is 129 cm³/mol. The van der Waals surface area contributed by atoms with Crippen LogP contribution in [0.1, 0.15) is 25.0 Å². The third-order valence-electron chi connectivity index (χ3n) is 4.76. The number of hydrogen-bond acceptors (Lipinski definition) is 7. The van der Waals surface area contributed by atoms with Crippen molar-refractivity contribution in [2.24, 2.45) is 5.92 Å². The lowest BCUT2D eigenvalue weighted by Crippen LogP contribution is -2.22. The number of methoxy groups -OCH3 is 1. The Morgan fingerprint density at radius 2 is 1.76 bits per heavy atom. The van der Waals surface area contributed by atoms with Gasteiger partial charge in [-0.25, -0.2) is 9.59 Å². The number of benzene rings is 2. The van der Waals surface area contributed by atoms with E-state index in [0.29, 0.717) is 23.6 Å². The summed E-state index contributed by atoms with van der Waals surface area (Å²) in [6, 6.07) is 14.0. The molecule has 0 aliphatic heterocycles. The van der Waals surface area contributed by atoms with Gasteiger partial charge in [-0.1, -0.05) is 37.8 Å². The van der Waals surface area contributed by atoms with Crippen LogP contribution in [0.2, 0.25) is 0 Å². The van der Waals surface area contributed by atoms with Crippen LogP contribution < -0.4 is 14.8 Å². The van der Waals surface area contributed by atoms with Gasteiger partial charge in [-0.2, -0.15) is 0 Å². The number of nitrogens with one attached hydrogen (secondary N) is 1. The Morgan fingerprint density at radius 3 is 2.38 bits per heavy atom. The summed E-state index contributed by atoms with van der Waals surface area (Å²) < 4.78 is 21.2. The quantitative estimate of drug-likeness (QED) is 0.250. The lowest BCUT2D eigenvalue weighted by atomic mass is 9.94. The topological polar surface area (TPSA) is 103 Å². The summed E-state index contributed by atoms with van der Waals surface area (Å²) in [5, 5.41) is 11.6. The number of aliphatic hydroxyl groups excluding tert-OH is 1. The second-order valence-corrected chi connectivity index (χ2v) is 7.35. The van der Waals surface area contributed by atoms with Gasteiger partial charge in [0.05, 0.1) is 13.7 Å². The molecule has 0 saturated carbocycles. The lowest BCUT2D eigenvalue weighted by molar-refractivity contribution is -0.136. The molecule has 0 spiro atoms. The molecule has 0 saturated heterocycles. The molecule has 0 radical (unpaired) electrons. The number of carbonyl (C=O) groups is 2. The van der Waals surface area contributed by atoms with Gasteiger partial charge in [0.1, 0.15) is 30.8 Å². The third kappa shape index (κ3) is 8.99. The van der Waals surface area contributed by atoms with E-state index in [-0.39, 0.29) is 25.7 Å². The minimum atomic E-state index is -0.614. The fourth-order valence-electron chi connectivity index (χ4n) is 3.06. The Balaban J connectivity index is 2.11. The minimum Gasteiger partial charge on any atom is -0.497 e. The minimum absolute atomic E-state index is 0.0857. The van der Waals surface area contributed by atoms with E-state index in [4.69, 9.17) is 24.1 Å². The van der Waals surface area contributed by atoms with E-state index >= 15 is 0 Å². The molecular weight excluding hydrogens is 438 g/mol. The molecule has 8 nitrogen and oxygen atoms in total. The number of ether oxygens (including phenoxy) is 4. The van der Waals surface area contributed by atoms with E-state index in [1.807, 2.05) is 6.92 Å². The molecule has 2 rings (SSSR count). The van der Waals surface area contributed by atoms with Gasteiger partial charge >= 0.3 is 12.1 Å². The van der Waals surface area contributed by atoms with Crippen molar-refractivity contribution < 1.29 is 33.6 Å². The fourth-order valence-corrected chi connectivity index (χ4v) is 3.06. The molecule has 182 valence electrons. The Labute approximate surface area is 199 Å². The van der Waals surface area contributed by atoms with Crippen LogP contribution in [-0.2, 0) is 14.3 Å². The van der Waals surface area contributed by atoms with Gasteiger partial charge in [0.25, 0.3) is 0 Å². The number of esters is 1. The van der Waals surface area contributed by atoms with Gasteiger partial charge in [0.15, 0.2) is 0 Å². The standard InChI is InChI=1S/C26H31NO7/c1-4-17-33-24(29)7-5-6-19(2)25(20-8-12-23(13-9-20)32-18-16-28)34-26(30)27-21-10-14-22(31-3)15-11-21/h4-5,7-15,19,25,28H,1,6,16-18H2,2-3H3,(H,27,30)/b7-5+/t19-,25-/m0/s1. The first kappa shape index (κ1) is 26.5. The molecule has 2 N–H and O–H groups in total. The highest BCUT2D eigenvalue weighted by atomic mass is 16.6. The smallest absolute Gasteiger partial charge is 0.412 e. The molecular formula is C26H31NO7. The second-order valence-electron chi connectivity index (χ2n) is 7.35. The van der Waals surface area contributed by atoms with Crippen molar-refractivity contribution in [1.29, 1.82) is 0 Å². The molecule has 0 aromatic heterocycles. The van der Waals surface area contributed by atoms with Crippen LogP contribution in [0.15, 0.2) is 73.3 Å². The molecule has 0 unspecified atom stereocenters. The number of hydrogen-bond donors (Lipinski definition) is 2. The summed E-state index contributed by atoms with van der Waals surface area (Å²) in [5.41, 5.74) is 1.33. The Kier molecular flexibility index (Phi) is 11.2. The van der Waals surface area contributed by atoms with Gasteiger partial charge in [0, 0.05) is 17.7 Å². The molecule has 0 fully saturated rings. The average Bonchev–Trinajstić information content (AvgIpc) is 2.85. The second kappa shape index (κ2) is 14.4. The molecule has 0 heterocycles. The highest BCUT2D eigenvalue weighted by molar-refractivity contribution is 5.85. The summed E-state index contributed by atoms with van der Waals surface area (Å²) in [7, 11) is 1.57. The van der Waals surface area contributed by atoms with E-state index in [2.05, 4.69) is 11.9 Å². The molecule has 0 bridgehead atoms. The SMILES string of the molecule is C=CCOC(=O)/C=C/C[C@H](C)[C@H](OC(=O)Nc1ccc(OC)cc1)c1ccc(OCCO)cc1. The van der Waals surface area contributed by atoms with Crippen LogP contribution in [0, 0.1) is 5.92 Å². The van der Waals surface area contributed by atoms with Crippen molar-refractivity contribution in [3.8, 4) is 11.5 Å². The van der Waals surface area contributed by atoms with Crippen LogP contribution in [0.25, 0.3) is 0 Å². The normalized spacial score (nSPS) is 12.4. The van der Waals surface area contributed by atoms with Crippen molar-refractivity contribution in [3.63, 3.8) is 0 Å². The van der Waals surface area contributed by atoms with Crippen molar-refractivity contribution in [1.82, 2.24) is 0 Å². The van der Waals surface area contributed by atoms with Crippen molar-refractivity contribution >= 4 is 17.7 Å². The Hall–Kier alpha value is -3.78. The first-order chi connectivity index (χ1) is 16.5. The van der Waals surface area contributed by atoms with Crippen LogP contribution >= 0.6 is 0 Å². The largest absolute Gasteiger partial charge is 0.497 e. The monoisotopic (exact) mass is 469 g/mol. The predicted octanol–water partition coefficient (Wildman–Crippen LogP) is 4.67. The number of aliphatic hydroxyl groups is 1. The molecule has 8 heteroatoms. The highest BCUT2D eigenvalue weighted by Gasteiger charge is 2.23. The van der Waals surface area contributed by atoms with Crippen LogP contribution in [0.5, 0.6) is 11.5 Å². The molecule has 0 aliphatic rings. The summed E-state index contributed by atoms with van der Waals surface area (Å²) in [4.78, 5) is 24.3. The Bertz CT molecular complexity index is 939. The third-order valence-corrected chi connectivity index (χ3v) is 4.76. The van der Waals surface area contributed by atoms with E-state index in [0.717, 1.165) is 5.56 Å². The summed E-state index contributed by atoms with van der Waals surface area (Å²) in [6.07, 6.45) is 3.78. The van der Waals surface area contributed by atoms with E-state index in [9.17, 15) is 9.59 Å². The van der Waals surface area contributed by atoms with Crippen LogP contribution in [0.4, 0.5) is 10.5 Å². The van der Waals surface area contributed by atoms with E-state index < -0.39 is 18.2 Å². The number of anilines is 1. The van der Waals surface area contributed by atoms with Crippen molar-refractivity contribution in [2.75, 3.05) is 32.2 Å². The number of rotatable bonds is 13. The van der Waals surface area contributed by atoms with Crippen LogP contribution in [0.3, 0.4) is 0 Å². The first-order valence-corrected chi connectivity index (χ1v) is 10.9. The zero-order valence-corrected chi connectivity index (χ0v) is 19.4. The van der Waals surface area contributed by atoms with E-state index in [1.54, 1.807) is 61.7 Å². The fraction of sp³-hybridized carbons (Fsp3) is 0.308. The zero-order chi connectivity index (χ0) is 24.8.